The van der Waals surface area contributed by atoms with Crippen LogP contribution in [-0.4, -0.2) is 55.6 Å². The highest BCUT2D eigenvalue weighted by Gasteiger charge is 2.16. The Kier molecular flexibility index (Phi) is 10.4. The number of anilines is 2. The van der Waals surface area contributed by atoms with Gasteiger partial charge < -0.3 is 25.0 Å². The lowest BCUT2D eigenvalue weighted by atomic mass is 10.3. The Morgan fingerprint density at radius 1 is 1.29 bits per heavy atom. The summed E-state index contributed by atoms with van der Waals surface area (Å²) in [5, 5.41) is 22.3. The van der Waals surface area contributed by atoms with Crippen molar-refractivity contribution in [1.29, 1.82) is 0 Å². The van der Waals surface area contributed by atoms with Crippen molar-refractivity contribution < 1.29 is 19.7 Å². The fourth-order valence-corrected chi connectivity index (χ4v) is 3.80. The first-order chi connectivity index (χ1) is 14.6. The molecule has 168 valence electrons. The molecule has 31 heavy (non-hydrogen) atoms. The van der Waals surface area contributed by atoms with E-state index in [-0.39, 0.29) is 18.2 Å². The van der Waals surface area contributed by atoms with Crippen molar-refractivity contribution in [3.63, 3.8) is 0 Å². The zero-order chi connectivity index (χ0) is 21.3. The Morgan fingerprint density at radius 2 is 2.13 bits per heavy atom. The van der Waals surface area contributed by atoms with Crippen LogP contribution >= 0.6 is 35.7 Å². The molecule has 0 bridgehead atoms. The first kappa shape index (κ1) is 25.2. The number of aromatic nitrogens is 4. The molecule has 0 amide bonds. The number of thioether (sulfide) groups is 1. The summed E-state index contributed by atoms with van der Waals surface area (Å²) in [7, 11) is 1.69. The maximum Gasteiger partial charge on any atom is 0.208 e. The van der Waals surface area contributed by atoms with E-state index in [1.807, 2.05) is 19.1 Å². The standard InChI is InChI=1S/C19H23N5O4S2.ClH/c1-12-15(5-3-6-20-12)28-16-9-13(29-8-4-7-27-2)10-21-18(16)23-19-22-17(24-30-19)14(26)11-25;/h3,5-6,9-10,14,25-26H,4,7-8,11H2,1-2H3,(H,21,22,23,24);1H/t14-;/m1./s1. The molecule has 0 aliphatic rings. The lowest BCUT2D eigenvalue weighted by Gasteiger charge is -2.13. The van der Waals surface area contributed by atoms with Gasteiger partial charge in [0.2, 0.25) is 5.13 Å². The number of rotatable bonds is 11. The zero-order valence-corrected chi connectivity index (χ0v) is 19.5. The van der Waals surface area contributed by atoms with E-state index in [0.29, 0.717) is 29.1 Å². The van der Waals surface area contributed by atoms with Gasteiger partial charge in [-0.1, -0.05) is 0 Å². The van der Waals surface area contributed by atoms with Crippen LogP contribution in [0.1, 0.15) is 24.0 Å². The normalized spacial score (nSPS) is 11.6. The molecule has 1 atom stereocenters. The Bertz CT molecular complexity index is 963. The first-order valence-electron chi connectivity index (χ1n) is 9.21. The van der Waals surface area contributed by atoms with Crippen molar-refractivity contribution >= 4 is 46.7 Å². The molecule has 0 aromatic carbocycles. The molecule has 0 unspecified atom stereocenters. The summed E-state index contributed by atoms with van der Waals surface area (Å²) < 4.78 is 15.2. The van der Waals surface area contributed by atoms with Crippen molar-refractivity contribution in [2.45, 2.75) is 24.3 Å². The maximum absolute atomic E-state index is 9.69. The van der Waals surface area contributed by atoms with E-state index in [1.54, 1.807) is 37.3 Å². The third-order valence-electron chi connectivity index (χ3n) is 3.91. The van der Waals surface area contributed by atoms with Crippen LogP contribution in [0.4, 0.5) is 10.9 Å². The van der Waals surface area contributed by atoms with Crippen molar-refractivity contribution in [2.24, 2.45) is 0 Å². The second-order valence-electron chi connectivity index (χ2n) is 6.18. The minimum Gasteiger partial charge on any atom is -0.452 e. The van der Waals surface area contributed by atoms with Gasteiger partial charge in [0, 0.05) is 48.3 Å². The van der Waals surface area contributed by atoms with E-state index in [9.17, 15) is 5.11 Å². The van der Waals surface area contributed by atoms with Gasteiger partial charge in [-0.25, -0.2) is 9.97 Å². The van der Waals surface area contributed by atoms with Crippen LogP contribution in [0.15, 0.2) is 35.5 Å². The molecular formula is C19H24ClN5O4S2. The van der Waals surface area contributed by atoms with Crippen LogP contribution in [-0.2, 0) is 4.74 Å². The number of aliphatic hydroxyl groups is 2. The molecule has 3 N–H and O–H groups in total. The summed E-state index contributed by atoms with van der Waals surface area (Å²) in [6.45, 7) is 2.13. The predicted molar refractivity (Wildman–Crippen MR) is 123 cm³/mol. The summed E-state index contributed by atoms with van der Waals surface area (Å²) in [6, 6.07) is 5.55. The van der Waals surface area contributed by atoms with Gasteiger partial charge in [0.25, 0.3) is 0 Å². The molecular weight excluding hydrogens is 462 g/mol. The number of methoxy groups -OCH3 is 1. The Balaban J connectivity index is 0.00000341. The average Bonchev–Trinajstić information content (AvgIpc) is 3.22. The van der Waals surface area contributed by atoms with Crippen molar-refractivity contribution in [2.75, 3.05) is 31.4 Å². The van der Waals surface area contributed by atoms with Crippen LogP contribution in [0.2, 0.25) is 0 Å². The Hall–Kier alpha value is -2.02. The number of halogens is 1. The Labute approximate surface area is 194 Å². The molecule has 0 radical (unpaired) electrons. The maximum atomic E-state index is 9.69. The third kappa shape index (κ3) is 7.27. The molecule has 0 fully saturated rings. The first-order valence-corrected chi connectivity index (χ1v) is 11.0. The van der Waals surface area contributed by atoms with E-state index in [4.69, 9.17) is 14.6 Å². The molecule has 9 nitrogen and oxygen atoms in total. The number of hydrogen-bond acceptors (Lipinski definition) is 11. The Morgan fingerprint density at radius 3 is 2.87 bits per heavy atom. The summed E-state index contributed by atoms with van der Waals surface area (Å²) in [6.07, 6.45) is 3.27. The predicted octanol–water partition coefficient (Wildman–Crippen LogP) is 3.75. The van der Waals surface area contributed by atoms with E-state index >= 15 is 0 Å². The van der Waals surface area contributed by atoms with Crippen LogP contribution in [0.3, 0.4) is 0 Å². The van der Waals surface area contributed by atoms with Gasteiger partial charge in [0.15, 0.2) is 17.4 Å². The van der Waals surface area contributed by atoms with Gasteiger partial charge in [-0.05, 0) is 31.5 Å². The number of aryl methyl sites for hydroxylation is 1. The fraction of sp³-hybridized carbons (Fsp3) is 0.368. The summed E-state index contributed by atoms with van der Waals surface area (Å²) >= 11 is 2.72. The molecule has 3 heterocycles. The molecule has 12 heteroatoms. The van der Waals surface area contributed by atoms with Gasteiger partial charge in [-0.3, -0.25) is 4.98 Å². The molecule has 0 aliphatic carbocycles. The summed E-state index contributed by atoms with van der Waals surface area (Å²) in [5.74, 6) is 2.65. The van der Waals surface area contributed by atoms with Crippen molar-refractivity contribution in [1.82, 2.24) is 19.3 Å². The summed E-state index contributed by atoms with van der Waals surface area (Å²) in [5.41, 5.74) is 0.755. The molecule has 0 aliphatic heterocycles. The highest BCUT2D eigenvalue weighted by Crippen LogP contribution is 2.35. The molecule has 3 rings (SSSR count). The number of aliphatic hydroxyl groups excluding tert-OH is 2. The number of nitrogens with one attached hydrogen (secondary N) is 1. The van der Waals surface area contributed by atoms with E-state index in [0.717, 1.165) is 34.3 Å². The van der Waals surface area contributed by atoms with Gasteiger partial charge in [-0.15, -0.1) is 24.2 Å². The minimum atomic E-state index is -1.12. The SMILES string of the molecule is COCCCSc1cnc(Nc2nc([C@H](O)CO)ns2)c(Oc2cccnc2C)c1.Cl. The second kappa shape index (κ2) is 12.7. The average molecular weight is 486 g/mol. The van der Waals surface area contributed by atoms with Crippen LogP contribution in [0.5, 0.6) is 11.5 Å². The molecule has 3 aromatic heterocycles. The quantitative estimate of drug-likeness (QED) is 0.273. The number of pyridine rings is 2. The van der Waals surface area contributed by atoms with Gasteiger partial charge in [0.1, 0.15) is 11.9 Å². The van der Waals surface area contributed by atoms with Crippen LogP contribution in [0, 0.1) is 6.92 Å². The van der Waals surface area contributed by atoms with E-state index in [2.05, 4.69) is 24.6 Å². The van der Waals surface area contributed by atoms with E-state index in [1.165, 1.54) is 0 Å². The number of ether oxygens (including phenoxy) is 2. The van der Waals surface area contributed by atoms with Crippen molar-refractivity contribution in [3.05, 3.63) is 42.1 Å². The highest BCUT2D eigenvalue weighted by molar-refractivity contribution is 7.99. The van der Waals surface area contributed by atoms with Crippen molar-refractivity contribution in [3.8, 4) is 11.5 Å². The topological polar surface area (TPSA) is 123 Å². The van der Waals surface area contributed by atoms with E-state index < -0.39 is 12.7 Å². The lowest BCUT2D eigenvalue weighted by molar-refractivity contribution is 0.0897. The number of nitrogens with zero attached hydrogens (tertiary/aromatic N) is 4. The van der Waals surface area contributed by atoms with Gasteiger partial charge >= 0.3 is 0 Å². The van der Waals surface area contributed by atoms with Gasteiger partial charge in [0.05, 0.1) is 12.3 Å². The minimum absolute atomic E-state index is 0. The second-order valence-corrected chi connectivity index (χ2v) is 8.10. The number of hydrogen-bond donors (Lipinski definition) is 3. The molecule has 3 aromatic rings. The summed E-state index contributed by atoms with van der Waals surface area (Å²) in [4.78, 5) is 13.9. The van der Waals surface area contributed by atoms with Crippen LogP contribution < -0.4 is 10.1 Å². The smallest absolute Gasteiger partial charge is 0.208 e. The largest absolute Gasteiger partial charge is 0.452 e. The van der Waals surface area contributed by atoms with Gasteiger partial charge in [-0.2, -0.15) is 4.37 Å². The molecule has 0 spiro atoms. The monoisotopic (exact) mass is 485 g/mol. The highest BCUT2D eigenvalue weighted by atomic mass is 35.5. The van der Waals surface area contributed by atoms with Crippen LogP contribution in [0.25, 0.3) is 0 Å². The molecule has 0 saturated carbocycles. The fourth-order valence-electron chi connectivity index (χ4n) is 2.37. The molecule has 0 saturated heterocycles. The lowest BCUT2D eigenvalue weighted by Crippen LogP contribution is -2.04. The third-order valence-corrected chi connectivity index (χ3v) is 5.60. The zero-order valence-electron chi connectivity index (χ0n) is 17.0.